The molecule has 0 spiro atoms. The molecule has 5 aliphatic carbocycles. The number of aliphatic hydroxyl groups is 1. The number of fused-ring (bicyclic) bond motifs is 7. The molecule has 0 aromatic carbocycles. The molecule has 0 radical (unpaired) electrons. The quantitative estimate of drug-likeness (QED) is 0.414. The highest BCUT2D eigenvalue weighted by atomic mass is 16.4. The van der Waals surface area contributed by atoms with Crippen molar-refractivity contribution in [3.63, 3.8) is 0 Å². The summed E-state index contributed by atoms with van der Waals surface area (Å²) in [4.78, 5) is 12.8. The Morgan fingerprint density at radius 2 is 1.61 bits per heavy atom. The van der Waals surface area contributed by atoms with Crippen molar-refractivity contribution in [3.05, 3.63) is 11.6 Å². The molecule has 1 unspecified atom stereocenters. The van der Waals surface area contributed by atoms with Crippen LogP contribution in [0.4, 0.5) is 0 Å². The van der Waals surface area contributed by atoms with Gasteiger partial charge in [0.1, 0.15) is 0 Å². The zero-order chi connectivity index (χ0) is 24.2. The van der Waals surface area contributed by atoms with E-state index in [9.17, 15) is 15.0 Å². The maximum atomic E-state index is 12.8. The van der Waals surface area contributed by atoms with Gasteiger partial charge >= 0.3 is 5.97 Å². The van der Waals surface area contributed by atoms with Crippen LogP contribution >= 0.6 is 0 Å². The largest absolute Gasteiger partial charge is 0.481 e. The molecule has 3 heteroatoms. The van der Waals surface area contributed by atoms with Crippen LogP contribution in [-0.2, 0) is 4.79 Å². The van der Waals surface area contributed by atoms with Crippen LogP contribution in [0.15, 0.2) is 11.6 Å². The van der Waals surface area contributed by atoms with E-state index in [0.717, 1.165) is 44.9 Å². The first-order valence-corrected chi connectivity index (χ1v) is 13.9. The highest BCUT2D eigenvalue weighted by molar-refractivity contribution is 5.76. The molecule has 0 bridgehead atoms. The summed E-state index contributed by atoms with van der Waals surface area (Å²) in [5.41, 5.74) is 1.46. The van der Waals surface area contributed by atoms with Gasteiger partial charge in [0.15, 0.2) is 0 Å². The summed E-state index contributed by atoms with van der Waals surface area (Å²) in [6, 6.07) is 0. The van der Waals surface area contributed by atoms with E-state index < -0.39 is 11.4 Å². The van der Waals surface area contributed by atoms with Crippen LogP contribution in [0.2, 0.25) is 0 Å². The van der Waals surface area contributed by atoms with Gasteiger partial charge in [0.2, 0.25) is 0 Å². The summed E-state index contributed by atoms with van der Waals surface area (Å²) < 4.78 is 0. The molecule has 3 nitrogen and oxygen atoms in total. The van der Waals surface area contributed by atoms with Gasteiger partial charge in [-0.15, -0.1) is 0 Å². The van der Waals surface area contributed by atoms with E-state index in [2.05, 4.69) is 54.5 Å². The number of allylic oxidation sites excluding steroid dienone is 2. The first kappa shape index (κ1) is 23.9. The van der Waals surface area contributed by atoms with Gasteiger partial charge in [-0.2, -0.15) is 0 Å². The third kappa shape index (κ3) is 2.75. The van der Waals surface area contributed by atoms with E-state index in [-0.39, 0.29) is 33.7 Å². The van der Waals surface area contributed by atoms with Crippen LogP contribution in [0.3, 0.4) is 0 Å². The summed E-state index contributed by atoms with van der Waals surface area (Å²) in [6.07, 6.45) is 11.6. The van der Waals surface area contributed by atoms with Gasteiger partial charge in [-0.05, 0) is 109 Å². The molecule has 0 saturated heterocycles. The Labute approximate surface area is 201 Å². The highest BCUT2D eigenvalue weighted by Gasteiger charge is 2.69. The standard InChI is InChI=1S/C30H48O3/c1-18-10-15-30(25(32)33)17-16-28(6)20(24(30)19(18)2)8-9-22-27(5)13-12-23(31)26(3,4)21(27)11-14-29(22,28)7/h8,18-19,21-24,31H,9-17H2,1-7H3,(H,32,33)/t18-,19+,21+,22?,23+,24+,27+,28+,29-,30+/m1/s1. The average molecular weight is 457 g/mol. The molecule has 33 heavy (non-hydrogen) atoms. The number of carboxylic acids is 1. The fourth-order valence-electron chi connectivity index (χ4n) is 10.8. The summed E-state index contributed by atoms with van der Waals surface area (Å²) in [6.45, 7) is 17.0. The summed E-state index contributed by atoms with van der Waals surface area (Å²) >= 11 is 0. The van der Waals surface area contributed by atoms with Gasteiger partial charge in [-0.3, -0.25) is 4.79 Å². The Balaban J connectivity index is 1.61. The second-order valence-corrected chi connectivity index (χ2v) is 14.5. The predicted octanol–water partition coefficient (Wildman–Crippen LogP) is 7.09. The van der Waals surface area contributed by atoms with Crippen LogP contribution in [0.1, 0.15) is 106 Å². The van der Waals surface area contributed by atoms with Gasteiger partial charge in [-0.1, -0.05) is 60.1 Å². The molecule has 2 N–H and O–H groups in total. The zero-order valence-corrected chi connectivity index (χ0v) is 22.2. The lowest BCUT2D eigenvalue weighted by atomic mass is 9.33. The Bertz CT molecular complexity index is 874. The van der Waals surface area contributed by atoms with Crippen molar-refractivity contribution in [1.29, 1.82) is 0 Å². The lowest BCUT2D eigenvalue weighted by Gasteiger charge is -2.71. The molecular weight excluding hydrogens is 408 g/mol. The van der Waals surface area contributed by atoms with Gasteiger partial charge < -0.3 is 10.2 Å². The number of hydrogen-bond donors (Lipinski definition) is 2. The molecule has 4 saturated carbocycles. The number of aliphatic hydroxyl groups excluding tert-OH is 1. The minimum absolute atomic E-state index is 0.0302. The summed E-state index contributed by atoms with van der Waals surface area (Å²) in [5.74, 6) is 1.82. The van der Waals surface area contributed by atoms with Crippen molar-refractivity contribution in [2.75, 3.05) is 0 Å². The van der Waals surface area contributed by atoms with Gasteiger partial charge in [0, 0.05) is 0 Å². The molecule has 5 aliphatic rings. The minimum atomic E-state index is -0.557. The minimum Gasteiger partial charge on any atom is -0.481 e. The van der Waals surface area contributed by atoms with Crippen LogP contribution in [-0.4, -0.2) is 22.3 Å². The van der Waals surface area contributed by atoms with E-state index >= 15 is 0 Å². The van der Waals surface area contributed by atoms with E-state index in [1.54, 1.807) is 0 Å². The maximum absolute atomic E-state index is 12.8. The van der Waals surface area contributed by atoms with Crippen LogP contribution in [0.25, 0.3) is 0 Å². The first-order chi connectivity index (χ1) is 15.3. The molecule has 4 fully saturated rings. The van der Waals surface area contributed by atoms with Crippen molar-refractivity contribution in [1.82, 2.24) is 0 Å². The van der Waals surface area contributed by atoms with Crippen molar-refractivity contribution < 1.29 is 15.0 Å². The predicted molar refractivity (Wildman–Crippen MR) is 133 cm³/mol. The SMILES string of the molecule is C[C@H]1[C@H](C)CC[C@]2(C(=O)O)CC[C@@]3(C)C(=CCC4[C@@]5(C)CC[C@H](O)C(C)(C)[C@@H]5CC[C@]43C)[C@H]12. The molecule has 0 aromatic rings. The third-order valence-corrected chi connectivity index (χ3v) is 13.4. The van der Waals surface area contributed by atoms with Gasteiger partial charge in [-0.25, -0.2) is 0 Å². The third-order valence-electron chi connectivity index (χ3n) is 13.4. The smallest absolute Gasteiger partial charge is 0.310 e. The molecule has 5 rings (SSSR count). The van der Waals surface area contributed by atoms with E-state index in [1.165, 1.54) is 18.4 Å². The van der Waals surface area contributed by atoms with E-state index in [0.29, 0.717) is 23.7 Å². The molecule has 0 aliphatic heterocycles. The average Bonchev–Trinajstić information content (AvgIpc) is 2.74. The fraction of sp³-hybridized carbons (Fsp3) is 0.900. The lowest BCUT2D eigenvalue weighted by Crippen LogP contribution is -2.65. The maximum Gasteiger partial charge on any atom is 0.310 e. The Hall–Kier alpha value is -0.830. The Morgan fingerprint density at radius 1 is 0.909 bits per heavy atom. The Morgan fingerprint density at radius 3 is 2.27 bits per heavy atom. The van der Waals surface area contributed by atoms with Crippen LogP contribution in [0, 0.1) is 56.7 Å². The molecular formula is C30H48O3. The number of carboxylic acid groups (broad SMARTS) is 1. The molecule has 10 atom stereocenters. The summed E-state index contributed by atoms with van der Waals surface area (Å²) in [5, 5.41) is 21.4. The van der Waals surface area contributed by atoms with Crippen molar-refractivity contribution in [3.8, 4) is 0 Å². The second-order valence-electron chi connectivity index (χ2n) is 14.5. The number of carbonyl (C=O) groups is 1. The Kier molecular flexibility index (Phi) is 5.15. The first-order valence-electron chi connectivity index (χ1n) is 13.9. The molecule has 0 aromatic heterocycles. The number of hydrogen-bond acceptors (Lipinski definition) is 2. The van der Waals surface area contributed by atoms with Crippen molar-refractivity contribution in [2.24, 2.45) is 56.7 Å². The van der Waals surface area contributed by atoms with Gasteiger partial charge in [0.05, 0.1) is 11.5 Å². The van der Waals surface area contributed by atoms with Crippen LogP contribution < -0.4 is 0 Å². The van der Waals surface area contributed by atoms with Crippen molar-refractivity contribution in [2.45, 2.75) is 112 Å². The molecule has 0 heterocycles. The number of rotatable bonds is 1. The summed E-state index contributed by atoms with van der Waals surface area (Å²) in [7, 11) is 0. The fourth-order valence-corrected chi connectivity index (χ4v) is 10.8. The topological polar surface area (TPSA) is 57.5 Å². The van der Waals surface area contributed by atoms with Gasteiger partial charge in [0.25, 0.3) is 0 Å². The zero-order valence-electron chi connectivity index (χ0n) is 22.2. The van der Waals surface area contributed by atoms with Crippen molar-refractivity contribution >= 4 is 5.97 Å². The molecule has 0 amide bonds. The highest BCUT2D eigenvalue weighted by Crippen LogP contribution is 2.75. The number of aliphatic carboxylic acids is 1. The molecule has 186 valence electrons. The monoisotopic (exact) mass is 456 g/mol. The van der Waals surface area contributed by atoms with Crippen LogP contribution in [0.5, 0.6) is 0 Å². The second kappa shape index (κ2) is 7.11. The van der Waals surface area contributed by atoms with E-state index in [1.807, 2.05) is 0 Å². The normalized spacial score (nSPS) is 55.3. The van der Waals surface area contributed by atoms with E-state index in [4.69, 9.17) is 0 Å². The lowest BCUT2D eigenvalue weighted by molar-refractivity contribution is -0.206.